The Labute approximate surface area is 200 Å². The van der Waals surface area contributed by atoms with Crippen LogP contribution in [0.3, 0.4) is 0 Å². The second-order valence-corrected chi connectivity index (χ2v) is 8.92. The van der Waals surface area contributed by atoms with Crippen molar-refractivity contribution in [2.45, 2.75) is 20.8 Å². The molecule has 2 amide bonds. The maximum Gasteiger partial charge on any atom is 0.293 e. The molecule has 1 aliphatic rings. The lowest BCUT2D eigenvalue weighted by atomic mass is 10.1. The third-order valence-electron chi connectivity index (χ3n) is 5.31. The minimum atomic E-state index is -0.462. The van der Waals surface area contributed by atoms with E-state index in [1.54, 1.807) is 31.2 Å². The van der Waals surface area contributed by atoms with Gasteiger partial charge in [-0.15, -0.1) is 0 Å². The summed E-state index contributed by atoms with van der Waals surface area (Å²) in [6.07, 6.45) is 1.47. The summed E-state index contributed by atoms with van der Waals surface area (Å²) in [7, 11) is 0. The normalized spacial score (nSPS) is 14.8. The topological polar surface area (TPSA) is 103 Å². The number of hydrogen-bond donors (Lipinski definition) is 0. The number of carbonyl (C=O) groups is 2. The highest BCUT2D eigenvalue weighted by Crippen LogP contribution is 2.35. The summed E-state index contributed by atoms with van der Waals surface area (Å²) in [5.74, 6) is 0.913. The Morgan fingerprint density at radius 1 is 1.06 bits per heavy atom. The molecule has 3 aromatic rings. The van der Waals surface area contributed by atoms with Crippen LogP contribution >= 0.6 is 11.8 Å². The molecule has 2 heterocycles. The van der Waals surface area contributed by atoms with Crippen LogP contribution in [-0.4, -0.2) is 34.1 Å². The summed E-state index contributed by atoms with van der Waals surface area (Å²) in [6.45, 7) is 5.96. The number of nitrogens with zero attached hydrogens (tertiary/aromatic N) is 2. The molecule has 1 aliphatic heterocycles. The van der Waals surface area contributed by atoms with Gasteiger partial charge in [0, 0.05) is 12.1 Å². The number of furan rings is 1. The van der Waals surface area contributed by atoms with E-state index >= 15 is 0 Å². The number of amides is 2. The molecule has 0 aliphatic carbocycles. The number of nitro benzene ring substituents is 1. The molecule has 0 bridgehead atoms. The van der Waals surface area contributed by atoms with Crippen molar-refractivity contribution < 1.29 is 23.7 Å². The minimum absolute atomic E-state index is 0.0647. The molecule has 0 unspecified atom stereocenters. The first-order valence-corrected chi connectivity index (χ1v) is 11.4. The number of carbonyl (C=O) groups excluding carboxylic acids is 2. The number of nitro groups is 1. The predicted molar refractivity (Wildman–Crippen MR) is 130 cm³/mol. The van der Waals surface area contributed by atoms with Gasteiger partial charge >= 0.3 is 0 Å². The summed E-state index contributed by atoms with van der Waals surface area (Å²) in [5, 5.41) is 11.0. The number of ether oxygens (including phenoxy) is 1. The summed E-state index contributed by atoms with van der Waals surface area (Å²) < 4.78 is 11.5. The van der Waals surface area contributed by atoms with Crippen LogP contribution in [0.4, 0.5) is 10.5 Å². The number of thioether (sulfide) groups is 1. The van der Waals surface area contributed by atoms with Crippen molar-refractivity contribution in [1.29, 1.82) is 0 Å². The molecular formula is C25H22N2O6S. The van der Waals surface area contributed by atoms with Gasteiger partial charge in [-0.3, -0.25) is 24.6 Å². The SMILES string of the molecule is Cc1ccc(C)c(OCCN2C(=O)S/C(=C\c3ccc(-c4ccc(C)cc4[N+](=O)[O-])o3)C2=O)c1. The average molecular weight is 479 g/mol. The van der Waals surface area contributed by atoms with Gasteiger partial charge in [-0.25, -0.2) is 0 Å². The Balaban J connectivity index is 1.46. The molecule has 2 aromatic carbocycles. The Morgan fingerprint density at radius 3 is 2.56 bits per heavy atom. The number of rotatable bonds is 7. The number of benzene rings is 2. The van der Waals surface area contributed by atoms with Crippen LogP contribution in [0.25, 0.3) is 17.4 Å². The zero-order valence-electron chi connectivity index (χ0n) is 18.9. The first-order chi connectivity index (χ1) is 16.2. The van der Waals surface area contributed by atoms with E-state index in [9.17, 15) is 19.7 Å². The molecule has 34 heavy (non-hydrogen) atoms. The van der Waals surface area contributed by atoms with Crippen LogP contribution in [0.5, 0.6) is 5.75 Å². The van der Waals surface area contributed by atoms with E-state index in [-0.39, 0.29) is 29.0 Å². The molecule has 174 valence electrons. The fraction of sp³-hybridized carbons (Fsp3) is 0.200. The molecule has 8 nitrogen and oxygen atoms in total. The fourth-order valence-electron chi connectivity index (χ4n) is 3.51. The van der Waals surface area contributed by atoms with Crippen LogP contribution in [0.15, 0.2) is 57.9 Å². The van der Waals surface area contributed by atoms with Gasteiger partial charge in [0.2, 0.25) is 0 Å². The third kappa shape index (κ3) is 4.89. The first-order valence-electron chi connectivity index (χ1n) is 10.5. The minimum Gasteiger partial charge on any atom is -0.491 e. The lowest BCUT2D eigenvalue weighted by molar-refractivity contribution is -0.384. The summed E-state index contributed by atoms with van der Waals surface area (Å²) >= 11 is 0.818. The Hall–Kier alpha value is -3.85. The van der Waals surface area contributed by atoms with Crippen LogP contribution in [0.1, 0.15) is 22.5 Å². The van der Waals surface area contributed by atoms with Crippen molar-refractivity contribution in [2.75, 3.05) is 13.2 Å². The highest BCUT2D eigenvalue weighted by Gasteiger charge is 2.35. The second kappa shape index (κ2) is 9.56. The van der Waals surface area contributed by atoms with E-state index in [1.165, 1.54) is 12.1 Å². The van der Waals surface area contributed by atoms with E-state index in [2.05, 4.69) is 0 Å². The van der Waals surface area contributed by atoms with E-state index < -0.39 is 10.8 Å². The maximum atomic E-state index is 12.8. The molecule has 9 heteroatoms. The monoisotopic (exact) mass is 478 g/mol. The quantitative estimate of drug-likeness (QED) is 0.237. The van der Waals surface area contributed by atoms with Gasteiger partial charge < -0.3 is 9.15 Å². The highest BCUT2D eigenvalue weighted by atomic mass is 32.2. The molecule has 0 radical (unpaired) electrons. The molecule has 0 N–H and O–H groups in total. The van der Waals surface area contributed by atoms with Crippen molar-refractivity contribution in [3.8, 4) is 17.1 Å². The fourth-order valence-corrected chi connectivity index (χ4v) is 4.35. The van der Waals surface area contributed by atoms with Gasteiger partial charge in [0.25, 0.3) is 16.8 Å². The first kappa shape index (κ1) is 23.3. The zero-order chi connectivity index (χ0) is 24.4. The smallest absolute Gasteiger partial charge is 0.293 e. The van der Waals surface area contributed by atoms with Crippen LogP contribution in [-0.2, 0) is 4.79 Å². The molecule has 0 saturated carbocycles. The van der Waals surface area contributed by atoms with Gasteiger partial charge in [0.15, 0.2) is 0 Å². The second-order valence-electron chi connectivity index (χ2n) is 7.93. The summed E-state index contributed by atoms with van der Waals surface area (Å²) in [5.41, 5.74) is 3.07. The molecule has 1 aromatic heterocycles. The van der Waals surface area contributed by atoms with Gasteiger partial charge in [-0.2, -0.15) is 0 Å². The van der Waals surface area contributed by atoms with Crippen LogP contribution < -0.4 is 4.74 Å². The number of hydrogen-bond acceptors (Lipinski definition) is 7. The molecule has 4 rings (SSSR count). The van der Waals surface area contributed by atoms with Gasteiger partial charge in [-0.05, 0) is 73.5 Å². The van der Waals surface area contributed by atoms with Gasteiger partial charge in [0.05, 0.1) is 21.9 Å². The van der Waals surface area contributed by atoms with Crippen molar-refractivity contribution in [1.82, 2.24) is 4.90 Å². The summed E-state index contributed by atoms with van der Waals surface area (Å²) in [4.78, 5) is 37.5. The van der Waals surface area contributed by atoms with Crippen molar-refractivity contribution in [3.63, 3.8) is 0 Å². The molecular weight excluding hydrogens is 456 g/mol. The van der Waals surface area contributed by atoms with Crippen molar-refractivity contribution in [3.05, 3.63) is 86.0 Å². The third-order valence-corrected chi connectivity index (χ3v) is 6.21. The van der Waals surface area contributed by atoms with E-state index in [0.717, 1.165) is 39.1 Å². The molecule has 0 atom stereocenters. The van der Waals surface area contributed by atoms with E-state index in [1.807, 2.05) is 32.0 Å². The average Bonchev–Trinajstić information content (AvgIpc) is 3.35. The predicted octanol–water partition coefficient (Wildman–Crippen LogP) is 5.90. The molecule has 0 spiro atoms. The van der Waals surface area contributed by atoms with Crippen LogP contribution in [0.2, 0.25) is 0 Å². The Bertz CT molecular complexity index is 1330. The van der Waals surface area contributed by atoms with E-state index in [0.29, 0.717) is 17.1 Å². The lowest BCUT2D eigenvalue weighted by Crippen LogP contribution is -2.32. The molecule has 1 saturated heterocycles. The number of aryl methyl sites for hydroxylation is 3. The largest absolute Gasteiger partial charge is 0.491 e. The Morgan fingerprint density at radius 2 is 1.79 bits per heavy atom. The standard InChI is InChI=1S/C25H22N2O6S/c1-15-5-8-19(20(12-15)27(30)31)21-9-7-18(33-21)14-23-24(28)26(25(29)34-23)10-11-32-22-13-16(2)4-6-17(22)3/h4-9,12-14H,10-11H2,1-3H3/b23-14-. The van der Waals surface area contributed by atoms with Crippen molar-refractivity contribution in [2.24, 2.45) is 0 Å². The van der Waals surface area contributed by atoms with Gasteiger partial charge in [0.1, 0.15) is 23.9 Å². The zero-order valence-corrected chi connectivity index (χ0v) is 19.7. The van der Waals surface area contributed by atoms with E-state index in [4.69, 9.17) is 9.15 Å². The summed E-state index contributed by atoms with van der Waals surface area (Å²) in [6, 6.07) is 13.9. The van der Waals surface area contributed by atoms with Crippen molar-refractivity contribution >= 4 is 34.7 Å². The lowest BCUT2D eigenvalue weighted by Gasteiger charge is -2.14. The molecule has 1 fully saturated rings. The highest BCUT2D eigenvalue weighted by molar-refractivity contribution is 8.18. The van der Waals surface area contributed by atoms with Gasteiger partial charge in [-0.1, -0.05) is 18.2 Å². The number of imide groups is 1. The maximum absolute atomic E-state index is 12.8. The van der Waals surface area contributed by atoms with Crippen LogP contribution in [0, 0.1) is 30.9 Å². The Kier molecular flexibility index (Phi) is 6.56.